The van der Waals surface area contributed by atoms with Crippen LogP contribution in [0.1, 0.15) is 4.88 Å². The van der Waals surface area contributed by atoms with Crippen molar-refractivity contribution in [2.24, 2.45) is 7.05 Å². The number of ether oxygens (including phenoxy) is 1. The summed E-state index contributed by atoms with van der Waals surface area (Å²) in [5.74, 6) is 0.689. The molecule has 0 saturated carbocycles. The van der Waals surface area contributed by atoms with Crippen LogP contribution in [0.5, 0.6) is 5.88 Å². The molecule has 84 valence electrons. The largest absolute Gasteiger partial charge is 0.476 e. The maximum absolute atomic E-state index is 5.60. The molecule has 0 aromatic carbocycles. The molecule has 3 rings (SSSR count). The number of hydrogen-bond donors (Lipinski definition) is 1. The topological polar surface area (TPSA) is 52.0 Å². The second kappa shape index (κ2) is 3.48. The average Bonchev–Trinajstić information content (AvgIpc) is 2.79. The van der Waals surface area contributed by atoms with E-state index in [4.69, 9.17) is 4.74 Å². The Morgan fingerprint density at radius 3 is 3.25 bits per heavy atom. The second-order valence-corrected chi connectivity index (χ2v) is 4.74. The molecule has 0 spiro atoms. The summed E-state index contributed by atoms with van der Waals surface area (Å²) in [4.78, 5) is 5.82. The van der Waals surface area contributed by atoms with E-state index in [1.807, 2.05) is 20.3 Å². The van der Waals surface area contributed by atoms with Crippen molar-refractivity contribution in [3.63, 3.8) is 0 Å². The van der Waals surface area contributed by atoms with Gasteiger partial charge < -0.3 is 10.1 Å². The number of fused-ring (bicyclic) bond motifs is 3. The molecule has 0 fully saturated rings. The lowest BCUT2D eigenvalue weighted by molar-refractivity contribution is 0.311. The molecule has 1 aliphatic rings. The molecule has 0 amide bonds. The Labute approximate surface area is 97.1 Å². The third-order valence-corrected chi connectivity index (χ3v) is 3.66. The van der Waals surface area contributed by atoms with E-state index in [1.165, 1.54) is 4.88 Å². The lowest BCUT2D eigenvalue weighted by Gasteiger charge is -1.98. The van der Waals surface area contributed by atoms with Crippen LogP contribution in [0.3, 0.4) is 0 Å². The van der Waals surface area contributed by atoms with Crippen molar-refractivity contribution in [1.29, 1.82) is 0 Å². The molecule has 1 N–H and O–H groups in total. The smallest absolute Gasteiger partial charge is 0.242 e. The summed E-state index contributed by atoms with van der Waals surface area (Å²) in [5.41, 5.74) is 2.00. The molecule has 6 heteroatoms. The molecule has 16 heavy (non-hydrogen) atoms. The van der Waals surface area contributed by atoms with Gasteiger partial charge in [-0.2, -0.15) is 0 Å². The van der Waals surface area contributed by atoms with Crippen LogP contribution in [0.25, 0.3) is 11.3 Å². The van der Waals surface area contributed by atoms with Gasteiger partial charge in [-0.3, -0.25) is 4.68 Å². The van der Waals surface area contributed by atoms with Gasteiger partial charge in [-0.1, -0.05) is 0 Å². The maximum atomic E-state index is 5.60. The van der Waals surface area contributed by atoms with Crippen LogP contribution >= 0.6 is 11.3 Å². The number of rotatable bonds is 1. The first-order valence-corrected chi connectivity index (χ1v) is 5.94. The number of nitrogens with zero attached hydrogens (tertiary/aromatic N) is 3. The van der Waals surface area contributed by atoms with Gasteiger partial charge in [0.2, 0.25) is 5.88 Å². The Morgan fingerprint density at radius 1 is 1.56 bits per heavy atom. The van der Waals surface area contributed by atoms with Gasteiger partial charge in [0, 0.05) is 31.6 Å². The van der Waals surface area contributed by atoms with E-state index in [1.54, 1.807) is 16.0 Å². The molecule has 0 atom stereocenters. The standard InChI is InChI=1S/C10H12N4OS/c1-11-10-12-8-6-5-14(2)13-9(6)15-4-3-7(8)16-10/h5H,3-4H2,1-2H3,(H,11,12). The third kappa shape index (κ3) is 1.37. The normalized spacial score (nSPS) is 13.6. The van der Waals surface area contributed by atoms with E-state index in [0.717, 1.165) is 22.8 Å². The van der Waals surface area contributed by atoms with Crippen LogP contribution in [0.15, 0.2) is 6.20 Å². The highest BCUT2D eigenvalue weighted by atomic mass is 32.1. The molecule has 5 nitrogen and oxygen atoms in total. The molecule has 0 aliphatic carbocycles. The maximum Gasteiger partial charge on any atom is 0.242 e. The second-order valence-electron chi connectivity index (χ2n) is 3.66. The van der Waals surface area contributed by atoms with Crippen LogP contribution in [-0.2, 0) is 13.5 Å². The SMILES string of the molecule is CNc1nc2c(s1)CCOc1nn(C)cc1-2. The summed E-state index contributed by atoms with van der Waals surface area (Å²) in [6, 6.07) is 0. The summed E-state index contributed by atoms with van der Waals surface area (Å²) in [7, 11) is 3.78. The van der Waals surface area contributed by atoms with Gasteiger partial charge in [-0.05, 0) is 0 Å². The lowest BCUT2D eigenvalue weighted by atomic mass is 10.2. The van der Waals surface area contributed by atoms with E-state index in [9.17, 15) is 0 Å². The molecule has 0 unspecified atom stereocenters. The molecule has 0 radical (unpaired) electrons. The van der Waals surface area contributed by atoms with Gasteiger partial charge in [0.15, 0.2) is 5.13 Å². The minimum atomic E-state index is 0.669. The van der Waals surface area contributed by atoms with Crippen LogP contribution in [0.2, 0.25) is 0 Å². The van der Waals surface area contributed by atoms with Gasteiger partial charge in [-0.15, -0.1) is 16.4 Å². The summed E-state index contributed by atoms with van der Waals surface area (Å²) in [5, 5.41) is 8.31. The number of thiazole rings is 1. The monoisotopic (exact) mass is 236 g/mol. The first-order chi connectivity index (χ1) is 7.78. The average molecular weight is 236 g/mol. The van der Waals surface area contributed by atoms with Crippen LogP contribution < -0.4 is 10.1 Å². The van der Waals surface area contributed by atoms with Gasteiger partial charge in [-0.25, -0.2) is 4.98 Å². The van der Waals surface area contributed by atoms with Crippen molar-refractivity contribution in [3.05, 3.63) is 11.1 Å². The predicted octanol–water partition coefficient (Wildman–Crippen LogP) is 1.52. The molecule has 0 saturated heterocycles. The molecule has 2 aromatic rings. The number of aromatic nitrogens is 3. The van der Waals surface area contributed by atoms with Crippen LogP contribution in [-0.4, -0.2) is 28.4 Å². The highest BCUT2D eigenvalue weighted by Gasteiger charge is 2.22. The minimum Gasteiger partial charge on any atom is -0.476 e. The molecule has 1 aliphatic heterocycles. The predicted molar refractivity (Wildman–Crippen MR) is 63.1 cm³/mol. The Bertz CT molecular complexity index is 531. The van der Waals surface area contributed by atoms with Gasteiger partial charge in [0.1, 0.15) is 0 Å². The number of aryl methyl sites for hydroxylation is 1. The number of nitrogens with one attached hydrogen (secondary N) is 1. The highest BCUT2D eigenvalue weighted by Crippen LogP contribution is 2.37. The van der Waals surface area contributed by atoms with Gasteiger partial charge in [0.05, 0.1) is 17.9 Å². The van der Waals surface area contributed by atoms with Gasteiger partial charge >= 0.3 is 0 Å². The molecular weight excluding hydrogens is 224 g/mol. The Balaban J connectivity index is 2.19. The minimum absolute atomic E-state index is 0.669. The first kappa shape index (κ1) is 9.65. The summed E-state index contributed by atoms with van der Waals surface area (Å²) < 4.78 is 7.36. The zero-order chi connectivity index (χ0) is 11.1. The number of hydrogen-bond acceptors (Lipinski definition) is 5. The number of anilines is 1. The molecule has 0 bridgehead atoms. The van der Waals surface area contributed by atoms with Crippen LogP contribution in [0.4, 0.5) is 5.13 Å². The fourth-order valence-corrected chi connectivity index (χ4v) is 2.73. The lowest BCUT2D eigenvalue weighted by Crippen LogP contribution is -1.99. The summed E-state index contributed by atoms with van der Waals surface area (Å²) in [6.45, 7) is 0.669. The quantitative estimate of drug-likeness (QED) is 0.815. The van der Waals surface area contributed by atoms with Crippen molar-refractivity contribution < 1.29 is 4.74 Å². The third-order valence-electron chi connectivity index (χ3n) is 2.53. The fraction of sp³-hybridized carbons (Fsp3) is 0.400. The first-order valence-electron chi connectivity index (χ1n) is 5.12. The Morgan fingerprint density at radius 2 is 2.44 bits per heavy atom. The summed E-state index contributed by atoms with van der Waals surface area (Å²) >= 11 is 1.68. The molecule has 2 aromatic heterocycles. The van der Waals surface area contributed by atoms with Crippen molar-refractivity contribution in [3.8, 4) is 17.1 Å². The van der Waals surface area contributed by atoms with Crippen molar-refractivity contribution >= 4 is 16.5 Å². The molecular formula is C10H12N4OS. The molecule has 3 heterocycles. The van der Waals surface area contributed by atoms with E-state index >= 15 is 0 Å². The van der Waals surface area contributed by atoms with Crippen molar-refractivity contribution in [2.75, 3.05) is 19.0 Å². The van der Waals surface area contributed by atoms with Crippen molar-refractivity contribution in [1.82, 2.24) is 14.8 Å². The van der Waals surface area contributed by atoms with E-state index in [-0.39, 0.29) is 0 Å². The summed E-state index contributed by atoms with van der Waals surface area (Å²) in [6.07, 6.45) is 2.85. The Kier molecular flexibility index (Phi) is 2.10. The van der Waals surface area contributed by atoms with Gasteiger partial charge in [0.25, 0.3) is 0 Å². The fourth-order valence-electron chi connectivity index (χ4n) is 1.82. The highest BCUT2D eigenvalue weighted by molar-refractivity contribution is 7.16. The van der Waals surface area contributed by atoms with E-state index in [2.05, 4.69) is 15.4 Å². The van der Waals surface area contributed by atoms with E-state index < -0.39 is 0 Å². The zero-order valence-electron chi connectivity index (χ0n) is 9.15. The zero-order valence-corrected chi connectivity index (χ0v) is 9.97. The van der Waals surface area contributed by atoms with E-state index in [0.29, 0.717) is 12.5 Å². The Hall–Kier alpha value is -1.56. The van der Waals surface area contributed by atoms with Crippen molar-refractivity contribution in [2.45, 2.75) is 6.42 Å². The van der Waals surface area contributed by atoms with Crippen LogP contribution in [0, 0.1) is 0 Å².